The van der Waals surface area contributed by atoms with Gasteiger partial charge >= 0.3 is 0 Å². The number of aryl methyl sites for hydroxylation is 2. The lowest BCUT2D eigenvalue weighted by Crippen LogP contribution is -2.27. The fourth-order valence-electron chi connectivity index (χ4n) is 2.34. The molecule has 1 aromatic heterocycles. The number of nitrogens with one attached hydrogen (secondary N) is 1. The average Bonchev–Trinajstić information content (AvgIpc) is 2.89. The predicted molar refractivity (Wildman–Crippen MR) is 79.2 cm³/mol. The quantitative estimate of drug-likeness (QED) is 0.875. The van der Waals surface area contributed by atoms with Crippen LogP contribution in [0.5, 0.6) is 0 Å². The molecule has 3 nitrogen and oxygen atoms in total. The minimum Gasteiger partial charge on any atom is -0.334 e. The molecule has 0 aliphatic rings. The molecule has 0 saturated carbocycles. The van der Waals surface area contributed by atoms with Gasteiger partial charge < -0.3 is 9.88 Å². The number of aromatic nitrogens is 2. The second-order valence-electron chi connectivity index (χ2n) is 4.98. The van der Waals surface area contributed by atoms with Crippen LogP contribution in [-0.2, 0) is 6.54 Å². The Hall–Kier alpha value is -1.68. The first-order valence-corrected chi connectivity index (χ1v) is 7.17. The highest BCUT2D eigenvalue weighted by atomic mass is 19.1. The van der Waals surface area contributed by atoms with Crippen molar-refractivity contribution in [2.75, 3.05) is 6.54 Å². The molecule has 20 heavy (non-hydrogen) atoms. The molecule has 0 radical (unpaired) electrons. The average molecular weight is 275 g/mol. The largest absolute Gasteiger partial charge is 0.334 e. The van der Waals surface area contributed by atoms with Crippen molar-refractivity contribution >= 4 is 0 Å². The van der Waals surface area contributed by atoms with Crippen molar-refractivity contribution in [2.45, 2.75) is 39.8 Å². The molecule has 0 amide bonds. The summed E-state index contributed by atoms with van der Waals surface area (Å²) in [7, 11) is 0. The molecule has 1 unspecified atom stereocenters. The number of rotatable bonds is 6. The molecule has 1 aromatic carbocycles. The van der Waals surface area contributed by atoms with E-state index in [1.54, 1.807) is 12.3 Å². The lowest BCUT2D eigenvalue weighted by molar-refractivity contribution is 0.511. The summed E-state index contributed by atoms with van der Waals surface area (Å²) >= 11 is 0. The summed E-state index contributed by atoms with van der Waals surface area (Å²) in [5.74, 6) is 0.688. The fourth-order valence-corrected chi connectivity index (χ4v) is 2.34. The van der Waals surface area contributed by atoms with Gasteiger partial charge in [-0.05, 0) is 38.4 Å². The maximum atomic E-state index is 14.3. The zero-order valence-corrected chi connectivity index (χ0v) is 12.4. The van der Waals surface area contributed by atoms with Crippen molar-refractivity contribution < 1.29 is 4.39 Å². The maximum Gasteiger partial charge on any atom is 0.130 e. The molecule has 0 aliphatic carbocycles. The highest BCUT2D eigenvalue weighted by molar-refractivity contribution is 5.30. The van der Waals surface area contributed by atoms with Crippen LogP contribution in [0.25, 0.3) is 0 Å². The Morgan fingerprint density at radius 2 is 2.15 bits per heavy atom. The topological polar surface area (TPSA) is 29.9 Å². The van der Waals surface area contributed by atoms with Gasteiger partial charge in [0.1, 0.15) is 11.6 Å². The van der Waals surface area contributed by atoms with Gasteiger partial charge in [0.15, 0.2) is 0 Å². The van der Waals surface area contributed by atoms with E-state index in [4.69, 9.17) is 0 Å². The Morgan fingerprint density at radius 1 is 1.35 bits per heavy atom. The predicted octanol–water partition coefficient (Wildman–Crippen LogP) is 3.44. The van der Waals surface area contributed by atoms with Crippen LogP contribution in [0.3, 0.4) is 0 Å². The standard InChI is InChI=1S/C16H22FN3/c1-4-8-18-15(16-19-9-10-20(16)5-2)13-7-6-12(3)11-14(13)17/h6-7,9-11,15,18H,4-5,8H2,1-3H3. The van der Waals surface area contributed by atoms with Gasteiger partial charge in [-0.2, -0.15) is 0 Å². The van der Waals surface area contributed by atoms with E-state index in [2.05, 4.69) is 24.1 Å². The van der Waals surface area contributed by atoms with Crippen LogP contribution in [0.4, 0.5) is 4.39 Å². The highest BCUT2D eigenvalue weighted by Crippen LogP contribution is 2.24. The lowest BCUT2D eigenvalue weighted by Gasteiger charge is -2.20. The van der Waals surface area contributed by atoms with Crippen LogP contribution in [0.2, 0.25) is 0 Å². The van der Waals surface area contributed by atoms with Gasteiger partial charge in [0.05, 0.1) is 6.04 Å². The Balaban J connectivity index is 2.41. The molecule has 0 fully saturated rings. The molecular weight excluding hydrogens is 253 g/mol. The van der Waals surface area contributed by atoms with Crippen LogP contribution >= 0.6 is 0 Å². The molecule has 1 N–H and O–H groups in total. The van der Waals surface area contributed by atoms with E-state index in [1.807, 2.05) is 29.8 Å². The monoisotopic (exact) mass is 275 g/mol. The number of hydrogen-bond donors (Lipinski definition) is 1. The molecule has 0 saturated heterocycles. The molecule has 2 rings (SSSR count). The first-order valence-electron chi connectivity index (χ1n) is 7.17. The van der Waals surface area contributed by atoms with Crippen LogP contribution < -0.4 is 5.32 Å². The Morgan fingerprint density at radius 3 is 2.80 bits per heavy atom. The second kappa shape index (κ2) is 6.66. The Bertz CT molecular complexity index is 563. The number of imidazole rings is 1. The molecule has 0 spiro atoms. The summed E-state index contributed by atoms with van der Waals surface area (Å²) in [6.07, 6.45) is 4.70. The van der Waals surface area contributed by atoms with Crippen molar-refractivity contribution in [1.29, 1.82) is 0 Å². The van der Waals surface area contributed by atoms with Crippen LogP contribution in [0, 0.1) is 12.7 Å². The van der Waals surface area contributed by atoms with Crippen molar-refractivity contribution in [3.8, 4) is 0 Å². The molecule has 2 aromatic rings. The van der Waals surface area contributed by atoms with Crippen molar-refractivity contribution in [3.63, 3.8) is 0 Å². The summed E-state index contributed by atoms with van der Waals surface area (Å²) in [5.41, 5.74) is 1.59. The molecule has 0 bridgehead atoms. The molecular formula is C16H22FN3. The van der Waals surface area contributed by atoms with Crippen molar-refractivity contribution in [1.82, 2.24) is 14.9 Å². The van der Waals surface area contributed by atoms with E-state index < -0.39 is 0 Å². The van der Waals surface area contributed by atoms with Gasteiger partial charge in [-0.15, -0.1) is 0 Å². The third-order valence-corrected chi connectivity index (χ3v) is 3.41. The molecule has 1 heterocycles. The number of benzene rings is 1. The van der Waals surface area contributed by atoms with E-state index in [1.165, 1.54) is 0 Å². The molecule has 108 valence electrons. The SMILES string of the molecule is CCCNC(c1ccc(C)cc1F)c1nccn1CC. The summed E-state index contributed by atoms with van der Waals surface area (Å²) in [6, 6.07) is 5.17. The first kappa shape index (κ1) is 14.7. The summed E-state index contributed by atoms with van der Waals surface area (Å²) in [5, 5.41) is 3.40. The van der Waals surface area contributed by atoms with E-state index >= 15 is 0 Å². The van der Waals surface area contributed by atoms with Gasteiger partial charge in [0.25, 0.3) is 0 Å². The number of nitrogens with zero attached hydrogens (tertiary/aromatic N) is 2. The Kier molecular flexibility index (Phi) is 4.90. The summed E-state index contributed by atoms with van der Waals surface area (Å²) in [4.78, 5) is 4.41. The fraction of sp³-hybridized carbons (Fsp3) is 0.438. The maximum absolute atomic E-state index is 14.3. The molecule has 1 atom stereocenters. The first-order chi connectivity index (χ1) is 9.67. The van der Waals surface area contributed by atoms with Gasteiger partial charge in [-0.3, -0.25) is 0 Å². The molecule has 0 aliphatic heterocycles. The van der Waals surface area contributed by atoms with Gasteiger partial charge in [-0.1, -0.05) is 19.1 Å². The van der Waals surface area contributed by atoms with Crippen molar-refractivity contribution in [2.24, 2.45) is 0 Å². The van der Waals surface area contributed by atoms with E-state index in [9.17, 15) is 4.39 Å². The second-order valence-corrected chi connectivity index (χ2v) is 4.98. The normalized spacial score (nSPS) is 12.6. The number of halogens is 1. The van der Waals surface area contributed by atoms with Crippen LogP contribution in [0.15, 0.2) is 30.6 Å². The minimum atomic E-state index is -0.203. The lowest BCUT2D eigenvalue weighted by atomic mass is 10.0. The zero-order chi connectivity index (χ0) is 14.5. The smallest absolute Gasteiger partial charge is 0.130 e. The number of hydrogen-bond acceptors (Lipinski definition) is 2. The van der Waals surface area contributed by atoms with E-state index in [-0.39, 0.29) is 11.9 Å². The summed E-state index contributed by atoms with van der Waals surface area (Å²) < 4.78 is 16.3. The zero-order valence-electron chi connectivity index (χ0n) is 12.4. The molecule has 4 heteroatoms. The summed E-state index contributed by atoms with van der Waals surface area (Å²) in [6.45, 7) is 7.71. The van der Waals surface area contributed by atoms with E-state index in [0.29, 0.717) is 5.56 Å². The van der Waals surface area contributed by atoms with E-state index in [0.717, 1.165) is 30.9 Å². The third-order valence-electron chi connectivity index (χ3n) is 3.41. The van der Waals surface area contributed by atoms with Crippen LogP contribution in [0.1, 0.15) is 43.3 Å². The minimum absolute atomic E-state index is 0.177. The van der Waals surface area contributed by atoms with Crippen molar-refractivity contribution in [3.05, 3.63) is 53.4 Å². The van der Waals surface area contributed by atoms with Gasteiger partial charge in [0.2, 0.25) is 0 Å². The van der Waals surface area contributed by atoms with Gasteiger partial charge in [-0.25, -0.2) is 9.37 Å². The van der Waals surface area contributed by atoms with Crippen LogP contribution in [-0.4, -0.2) is 16.1 Å². The Labute approximate surface area is 119 Å². The highest BCUT2D eigenvalue weighted by Gasteiger charge is 2.21. The third kappa shape index (κ3) is 3.07. The van der Waals surface area contributed by atoms with Gasteiger partial charge in [0, 0.05) is 24.5 Å².